The van der Waals surface area contributed by atoms with E-state index in [1.165, 1.54) is 12.1 Å². The highest BCUT2D eigenvalue weighted by Crippen LogP contribution is 2.32. The Hall–Kier alpha value is -1.32. The van der Waals surface area contributed by atoms with Gasteiger partial charge in [-0.1, -0.05) is 12.1 Å². The Bertz CT molecular complexity index is 618. The maximum absolute atomic E-state index is 12.6. The average Bonchev–Trinajstić information content (AvgIpc) is 2.46. The lowest BCUT2D eigenvalue weighted by Crippen LogP contribution is -2.41. The molecule has 1 N–H and O–H groups in total. The third-order valence-electron chi connectivity index (χ3n) is 3.43. The molecule has 9 heteroatoms. The molecule has 22 heavy (non-hydrogen) atoms. The largest absolute Gasteiger partial charge is 0.573 e. The summed E-state index contributed by atoms with van der Waals surface area (Å²) in [4.78, 5) is -0.522. The van der Waals surface area contributed by atoms with E-state index in [-0.39, 0.29) is 25.6 Å². The van der Waals surface area contributed by atoms with Crippen molar-refractivity contribution in [3.63, 3.8) is 0 Å². The number of halogens is 3. The first kappa shape index (κ1) is 17.0. The number of hydrogen-bond acceptors (Lipinski definition) is 4. The SMILES string of the molecule is O=S(=O)(c1ccccc1OC(F)(F)F)N1CCCC(CO)C1. The highest BCUT2D eigenvalue weighted by atomic mass is 32.2. The minimum absolute atomic E-state index is 0.0825. The molecule has 1 aromatic rings. The van der Waals surface area contributed by atoms with Crippen LogP contribution in [0.1, 0.15) is 12.8 Å². The molecule has 0 bridgehead atoms. The molecule has 1 aliphatic rings. The molecule has 5 nitrogen and oxygen atoms in total. The number of piperidine rings is 1. The molecular formula is C13H16F3NO4S. The van der Waals surface area contributed by atoms with Gasteiger partial charge in [0.1, 0.15) is 10.6 Å². The zero-order chi connectivity index (χ0) is 16.4. The number of rotatable bonds is 4. The first-order valence-electron chi connectivity index (χ1n) is 6.70. The lowest BCUT2D eigenvalue weighted by Gasteiger charge is -2.31. The number of hydrogen-bond donors (Lipinski definition) is 1. The van der Waals surface area contributed by atoms with Crippen molar-refractivity contribution in [3.05, 3.63) is 24.3 Å². The minimum atomic E-state index is -4.97. The van der Waals surface area contributed by atoms with E-state index in [0.29, 0.717) is 12.8 Å². The van der Waals surface area contributed by atoms with Crippen LogP contribution in [0.25, 0.3) is 0 Å². The topological polar surface area (TPSA) is 66.8 Å². The molecule has 0 spiro atoms. The summed E-state index contributed by atoms with van der Waals surface area (Å²) in [5.74, 6) is -0.958. The van der Waals surface area contributed by atoms with Gasteiger partial charge in [-0.3, -0.25) is 0 Å². The molecule has 0 saturated carbocycles. The quantitative estimate of drug-likeness (QED) is 0.911. The number of para-hydroxylation sites is 1. The van der Waals surface area contributed by atoms with Gasteiger partial charge in [0.2, 0.25) is 10.0 Å². The smallest absolute Gasteiger partial charge is 0.404 e. The summed E-state index contributed by atoms with van der Waals surface area (Å²) in [5.41, 5.74) is 0. The van der Waals surface area contributed by atoms with Crippen molar-refractivity contribution in [3.8, 4) is 5.75 Å². The summed E-state index contributed by atoms with van der Waals surface area (Å²) < 4.78 is 67.2. The Labute approximate surface area is 126 Å². The molecule has 0 radical (unpaired) electrons. The van der Waals surface area contributed by atoms with Crippen molar-refractivity contribution in [1.82, 2.24) is 4.31 Å². The number of aliphatic hydroxyl groups excluding tert-OH is 1. The first-order valence-corrected chi connectivity index (χ1v) is 8.14. The number of aliphatic hydroxyl groups is 1. The van der Waals surface area contributed by atoms with E-state index in [0.717, 1.165) is 16.4 Å². The predicted octanol–water partition coefficient (Wildman–Crippen LogP) is 1.98. The third-order valence-corrected chi connectivity index (χ3v) is 5.34. The second-order valence-electron chi connectivity index (χ2n) is 5.05. The van der Waals surface area contributed by atoms with Gasteiger partial charge >= 0.3 is 6.36 Å². The number of benzene rings is 1. The van der Waals surface area contributed by atoms with E-state index < -0.39 is 27.0 Å². The summed E-state index contributed by atoms with van der Waals surface area (Å²) in [6.45, 7) is 0.130. The molecule has 2 rings (SSSR count). The van der Waals surface area contributed by atoms with E-state index in [4.69, 9.17) is 5.11 Å². The summed E-state index contributed by atoms with van der Waals surface area (Å²) in [6.07, 6.45) is -3.74. The predicted molar refractivity (Wildman–Crippen MR) is 71.7 cm³/mol. The maximum atomic E-state index is 12.6. The number of alkyl halides is 3. The molecule has 1 atom stereocenters. The van der Waals surface area contributed by atoms with Crippen molar-refractivity contribution in [2.75, 3.05) is 19.7 Å². The van der Waals surface area contributed by atoms with Crippen molar-refractivity contribution < 1.29 is 31.4 Å². The third kappa shape index (κ3) is 3.90. The molecule has 0 aromatic heterocycles. The Balaban J connectivity index is 2.33. The second kappa shape index (κ2) is 6.43. The van der Waals surface area contributed by atoms with Gasteiger partial charge in [-0.05, 0) is 30.9 Å². The van der Waals surface area contributed by atoms with Crippen LogP contribution < -0.4 is 4.74 Å². The van der Waals surface area contributed by atoms with Crippen LogP contribution in [0.5, 0.6) is 5.75 Å². The van der Waals surface area contributed by atoms with Gasteiger partial charge < -0.3 is 9.84 Å². The molecule has 1 saturated heterocycles. The molecule has 1 aliphatic heterocycles. The van der Waals surface area contributed by atoms with Gasteiger partial charge in [0.05, 0.1) is 0 Å². The molecular weight excluding hydrogens is 323 g/mol. The van der Waals surface area contributed by atoms with E-state index in [9.17, 15) is 21.6 Å². The maximum Gasteiger partial charge on any atom is 0.573 e. The highest BCUT2D eigenvalue weighted by Gasteiger charge is 2.36. The van der Waals surface area contributed by atoms with Crippen LogP contribution in [0.4, 0.5) is 13.2 Å². The van der Waals surface area contributed by atoms with Crippen LogP contribution in [0.2, 0.25) is 0 Å². The Morgan fingerprint density at radius 1 is 1.32 bits per heavy atom. The molecule has 1 aromatic carbocycles. The van der Waals surface area contributed by atoms with Gasteiger partial charge in [-0.15, -0.1) is 13.2 Å². The molecule has 1 unspecified atom stereocenters. The number of nitrogens with zero attached hydrogens (tertiary/aromatic N) is 1. The monoisotopic (exact) mass is 339 g/mol. The highest BCUT2D eigenvalue weighted by molar-refractivity contribution is 7.89. The summed E-state index contributed by atoms with van der Waals surface area (Å²) in [5, 5.41) is 9.16. The van der Waals surface area contributed by atoms with Gasteiger partial charge in [0.25, 0.3) is 0 Å². The molecule has 0 aliphatic carbocycles. The zero-order valence-electron chi connectivity index (χ0n) is 11.6. The Morgan fingerprint density at radius 2 is 2.00 bits per heavy atom. The Kier molecular flexibility index (Phi) is 4.98. The van der Waals surface area contributed by atoms with E-state index in [1.54, 1.807) is 0 Å². The molecule has 0 amide bonds. The number of sulfonamides is 1. The van der Waals surface area contributed by atoms with Crippen LogP contribution in [0, 0.1) is 5.92 Å². The van der Waals surface area contributed by atoms with Gasteiger partial charge in [-0.2, -0.15) is 4.31 Å². The average molecular weight is 339 g/mol. The van der Waals surface area contributed by atoms with Gasteiger partial charge in [-0.25, -0.2) is 8.42 Å². The molecule has 124 valence electrons. The standard InChI is InChI=1S/C13H16F3NO4S/c14-13(15,16)21-11-5-1-2-6-12(11)22(19,20)17-7-3-4-10(8-17)9-18/h1-2,5-6,10,18H,3-4,7-9H2. The molecule has 1 fully saturated rings. The van der Waals surface area contributed by atoms with Crippen LogP contribution in [-0.4, -0.2) is 43.9 Å². The van der Waals surface area contributed by atoms with E-state index in [1.807, 2.05) is 0 Å². The minimum Gasteiger partial charge on any atom is -0.404 e. The Morgan fingerprint density at radius 3 is 2.64 bits per heavy atom. The molecule has 1 heterocycles. The lowest BCUT2D eigenvalue weighted by molar-refractivity contribution is -0.275. The van der Waals surface area contributed by atoms with Gasteiger partial charge in [0, 0.05) is 19.7 Å². The van der Waals surface area contributed by atoms with E-state index >= 15 is 0 Å². The van der Waals surface area contributed by atoms with Crippen molar-refractivity contribution in [2.45, 2.75) is 24.1 Å². The van der Waals surface area contributed by atoms with E-state index in [2.05, 4.69) is 4.74 Å². The van der Waals surface area contributed by atoms with Gasteiger partial charge in [0.15, 0.2) is 0 Å². The van der Waals surface area contributed by atoms with Crippen LogP contribution in [-0.2, 0) is 10.0 Å². The van der Waals surface area contributed by atoms with Crippen LogP contribution >= 0.6 is 0 Å². The zero-order valence-corrected chi connectivity index (χ0v) is 12.4. The normalized spacial score (nSPS) is 20.8. The van der Waals surface area contributed by atoms with Crippen molar-refractivity contribution in [2.24, 2.45) is 5.92 Å². The first-order chi connectivity index (χ1) is 10.2. The summed E-state index contributed by atoms with van der Waals surface area (Å²) >= 11 is 0. The van der Waals surface area contributed by atoms with Crippen molar-refractivity contribution >= 4 is 10.0 Å². The van der Waals surface area contributed by atoms with Crippen molar-refractivity contribution in [1.29, 1.82) is 0 Å². The fraction of sp³-hybridized carbons (Fsp3) is 0.538. The fourth-order valence-corrected chi connectivity index (χ4v) is 4.07. The fourth-order valence-electron chi connectivity index (χ4n) is 2.41. The number of ether oxygens (including phenoxy) is 1. The summed E-state index contributed by atoms with van der Waals surface area (Å²) in [6, 6.07) is 4.66. The second-order valence-corrected chi connectivity index (χ2v) is 6.95. The summed E-state index contributed by atoms with van der Waals surface area (Å²) in [7, 11) is -4.11. The lowest BCUT2D eigenvalue weighted by atomic mass is 10.0. The van der Waals surface area contributed by atoms with Crippen LogP contribution in [0.3, 0.4) is 0 Å². The van der Waals surface area contributed by atoms with Crippen LogP contribution in [0.15, 0.2) is 29.2 Å².